The number of carbonyl (C=O) groups excluding carboxylic acids is 1. The number of aromatic nitrogens is 2. The lowest BCUT2D eigenvalue weighted by Gasteiger charge is -2.43. The van der Waals surface area contributed by atoms with Crippen LogP contribution in [0.25, 0.3) is 0 Å². The third-order valence-electron chi connectivity index (χ3n) is 5.24. The second kappa shape index (κ2) is 6.24. The average molecular weight is 318 g/mol. The summed E-state index contributed by atoms with van der Waals surface area (Å²) in [6.45, 7) is 8.18. The highest BCUT2D eigenvalue weighted by atomic mass is 16.5. The first-order chi connectivity index (χ1) is 11.3. The number of morpholine rings is 1. The lowest BCUT2D eigenvalue weighted by molar-refractivity contribution is -0.0395. The van der Waals surface area contributed by atoms with E-state index < -0.39 is 0 Å². The summed E-state index contributed by atoms with van der Waals surface area (Å²) in [7, 11) is 0. The molecule has 0 radical (unpaired) electrons. The van der Waals surface area contributed by atoms with Gasteiger partial charge in [0.25, 0.3) is 5.91 Å². The molecule has 0 N–H and O–H groups in total. The Morgan fingerprint density at radius 3 is 3.00 bits per heavy atom. The quantitative estimate of drug-likeness (QED) is 0.840. The zero-order valence-electron chi connectivity index (χ0n) is 13.9. The molecule has 6 nitrogen and oxygen atoms in total. The third-order valence-corrected chi connectivity index (χ3v) is 5.24. The molecule has 23 heavy (non-hydrogen) atoms. The highest BCUT2D eigenvalue weighted by Crippen LogP contribution is 2.42. The second-order valence-electron chi connectivity index (χ2n) is 6.96. The van der Waals surface area contributed by atoms with Crippen molar-refractivity contribution >= 4 is 5.91 Å². The molecule has 1 atom stereocenters. The van der Waals surface area contributed by atoms with Gasteiger partial charge >= 0.3 is 0 Å². The van der Waals surface area contributed by atoms with Gasteiger partial charge in [-0.2, -0.15) is 5.10 Å². The van der Waals surface area contributed by atoms with Crippen LogP contribution in [0.3, 0.4) is 0 Å². The SMILES string of the molecule is CCCn1ncc(C(=O)N2CCN3CCOCC3C2)c1C1CC1. The van der Waals surface area contributed by atoms with Crippen LogP contribution in [0, 0.1) is 0 Å². The Bertz CT molecular complexity index is 581. The molecule has 0 aromatic carbocycles. The van der Waals surface area contributed by atoms with Crippen molar-refractivity contribution in [3.63, 3.8) is 0 Å². The lowest BCUT2D eigenvalue weighted by Crippen LogP contribution is -2.59. The summed E-state index contributed by atoms with van der Waals surface area (Å²) in [4.78, 5) is 17.5. The standard InChI is InChI=1S/C17H26N4O2/c1-2-5-21-16(13-3-4-13)15(10-18-21)17(22)20-7-6-19-8-9-23-12-14(19)11-20/h10,13-14H,2-9,11-12H2,1H3. The number of hydrogen-bond acceptors (Lipinski definition) is 4. The van der Waals surface area contributed by atoms with Crippen molar-refractivity contribution in [1.29, 1.82) is 0 Å². The molecular formula is C17H26N4O2. The molecule has 1 unspecified atom stereocenters. The molecule has 1 amide bonds. The zero-order chi connectivity index (χ0) is 15.8. The number of nitrogens with zero attached hydrogens (tertiary/aromatic N) is 4. The maximum absolute atomic E-state index is 13.1. The van der Waals surface area contributed by atoms with E-state index in [0.717, 1.165) is 57.9 Å². The van der Waals surface area contributed by atoms with Gasteiger partial charge in [0.05, 0.1) is 36.7 Å². The van der Waals surface area contributed by atoms with E-state index in [9.17, 15) is 4.79 Å². The summed E-state index contributed by atoms with van der Waals surface area (Å²) in [6.07, 6.45) is 5.24. The van der Waals surface area contributed by atoms with E-state index in [1.807, 2.05) is 4.90 Å². The van der Waals surface area contributed by atoms with Crippen molar-refractivity contribution in [3.05, 3.63) is 17.5 Å². The van der Waals surface area contributed by atoms with Crippen molar-refractivity contribution in [2.24, 2.45) is 0 Å². The number of piperazine rings is 1. The minimum atomic E-state index is 0.166. The number of carbonyl (C=O) groups is 1. The molecule has 2 aliphatic heterocycles. The number of aryl methyl sites for hydroxylation is 1. The topological polar surface area (TPSA) is 50.6 Å². The minimum absolute atomic E-state index is 0.166. The normalized spacial score (nSPS) is 25.4. The van der Waals surface area contributed by atoms with Gasteiger partial charge < -0.3 is 9.64 Å². The van der Waals surface area contributed by atoms with E-state index in [0.29, 0.717) is 12.0 Å². The molecule has 3 aliphatic rings. The maximum Gasteiger partial charge on any atom is 0.257 e. The molecule has 0 bridgehead atoms. The van der Waals surface area contributed by atoms with Crippen LogP contribution >= 0.6 is 0 Å². The molecule has 1 saturated carbocycles. The number of ether oxygens (including phenoxy) is 1. The fourth-order valence-electron chi connectivity index (χ4n) is 3.84. The first-order valence-corrected chi connectivity index (χ1v) is 8.94. The van der Waals surface area contributed by atoms with Crippen LogP contribution in [0.4, 0.5) is 0 Å². The summed E-state index contributed by atoms with van der Waals surface area (Å²) >= 11 is 0. The van der Waals surface area contributed by atoms with Crippen molar-refractivity contribution in [1.82, 2.24) is 19.6 Å². The zero-order valence-corrected chi connectivity index (χ0v) is 13.9. The number of hydrogen-bond donors (Lipinski definition) is 0. The van der Waals surface area contributed by atoms with Gasteiger partial charge in [0.2, 0.25) is 0 Å². The minimum Gasteiger partial charge on any atom is -0.378 e. The van der Waals surface area contributed by atoms with Gasteiger partial charge in [-0.3, -0.25) is 14.4 Å². The highest BCUT2D eigenvalue weighted by Gasteiger charge is 2.36. The first kappa shape index (κ1) is 15.1. The number of rotatable bonds is 4. The molecule has 2 saturated heterocycles. The second-order valence-corrected chi connectivity index (χ2v) is 6.96. The molecule has 4 rings (SSSR count). The monoisotopic (exact) mass is 318 g/mol. The molecule has 0 spiro atoms. The molecule has 3 fully saturated rings. The predicted molar refractivity (Wildman–Crippen MR) is 86.6 cm³/mol. The molecule has 3 heterocycles. The van der Waals surface area contributed by atoms with Crippen LogP contribution < -0.4 is 0 Å². The Morgan fingerprint density at radius 1 is 1.35 bits per heavy atom. The van der Waals surface area contributed by atoms with E-state index in [-0.39, 0.29) is 5.91 Å². The maximum atomic E-state index is 13.1. The molecule has 6 heteroatoms. The van der Waals surface area contributed by atoms with Crippen molar-refractivity contribution in [2.75, 3.05) is 39.4 Å². The molecule has 1 aromatic rings. The fraction of sp³-hybridized carbons (Fsp3) is 0.765. The first-order valence-electron chi connectivity index (χ1n) is 8.94. The van der Waals surface area contributed by atoms with Gasteiger partial charge in [0.15, 0.2) is 0 Å². The van der Waals surface area contributed by atoms with E-state index in [2.05, 4.69) is 21.6 Å². The number of fused-ring (bicyclic) bond motifs is 1. The van der Waals surface area contributed by atoms with Crippen LogP contribution in [-0.4, -0.2) is 70.9 Å². The average Bonchev–Trinajstić information content (AvgIpc) is 3.34. The van der Waals surface area contributed by atoms with Gasteiger partial charge in [-0.25, -0.2) is 0 Å². The van der Waals surface area contributed by atoms with E-state index >= 15 is 0 Å². The summed E-state index contributed by atoms with van der Waals surface area (Å²) in [6, 6.07) is 0.358. The molecular weight excluding hydrogens is 292 g/mol. The van der Waals surface area contributed by atoms with Crippen molar-refractivity contribution in [2.45, 2.75) is 44.7 Å². The summed E-state index contributed by atoms with van der Waals surface area (Å²) in [5, 5.41) is 4.50. The van der Waals surface area contributed by atoms with Crippen molar-refractivity contribution < 1.29 is 9.53 Å². The van der Waals surface area contributed by atoms with Gasteiger partial charge in [0, 0.05) is 38.6 Å². The largest absolute Gasteiger partial charge is 0.378 e. The van der Waals surface area contributed by atoms with Crippen LogP contribution in [0.5, 0.6) is 0 Å². The third kappa shape index (κ3) is 2.90. The Labute approximate surface area is 137 Å². The summed E-state index contributed by atoms with van der Waals surface area (Å²) in [5.41, 5.74) is 2.02. The van der Waals surface area contributed by atoms with Crippen LogP contribution in [0.15, 0.2) is 6.20 Å². The van der Waals surface area contributed by atoms with E-state index in [1.165, 1.54) is 18.5 Å². The highest BCUT2D eigenvalue weighted by molar-refractivity contribution is 5.95. The lowest BCUT2D eigenvalue weighted by atomic mass is 10.1. The summed E-state index contributed by atoms with van der Waals surface area (Å²) in [5.74, 6) is 0.710. The van der Waals surface area contributed by atoms with Gasteiger partial charge in [-0.15, -0.1) is 0 Å². The van der Waals surface area contributed by atoms with E-state index in [4.69, 9.17) is 4.74 Å². The van der Waals surface area contributed by atoms with Crippen LogP contribution in [0.2, 0.25) is 0 Å². The Morgan fingerprint density at radius 2 is 2.22 bits per heavy atom. The molecule has 1 aliphatic carbocycles. The summed E-state index contributed by atoms with van der Waals surface area (Å²) < 4.78 is 7.65. The molecule has 1 aromatic heterocycles. The Balaban J connectivity index is 1.52. The Kier molecular flexibility index (Phi) is 4.11. The van der Waals surface area contributed by atoms with Gasteiger partial charge in [-0.1, -0.05) is 6.92 Å². The van der Waals surface area contributed by atoms with E-state index in [1.54, 1.807) is 6.20 Å². The smallest absolute Gasteiger partial charge is 0.257 e. The van der Waals surface area contributed by atoms with Gasteiger partial charge in [0.1, 0.15) is 0 Å². The van der Waals surface area contributed by atoms with Gasteiger partial charge in [-0.05, 0) is 19.3 Å². The fourth-order valence-corrected chi connectivity index (χ4v) is 3.84. The van der Waals surface area contributed by atoms with Crippen LogP contribution in [0.1, 0.15) is 48.2 Å². The van der Waals surface area contributed by atoms with Crippen molar-refractivity contribution in [3.8, 4) is 0 Å². The predicted octanol–water partition coefficient (Wildman–Crippen LogP) is 1.33. The molecule has 126 valence electrons. The number of amides is 1. The Hall–Kier alpha value is -1.40. The van der Waals surface area contributed by atoms with Crippen LogP contribution in [-0.2, 0) is 11.3 Å².